The van der Waals surface area contributed by atoms with Gasteiger partial charge in [0.15, 0.2) is 0 Å². The van der Waals surface area contributed by atoms with Gasteiger partial charge in [-0.1, -0.05) is 150 Å². The second-order valence-electron chi connectivity index (χ2n) is 19.2. The third-order valence-corrected chi connectivity index (χ3v) is 14.2. The van der Waals surface area contributed by atoms with Crippen LogP contribution in [0.25, 0.3) is 111 Å². The van der Waals surface area contributed by atoms with E-state index in [4.69, 9.17) is 0 Å². The molecule has 7 heteroatoms. The molecule has 0 radical (unpaired) electrons. The maximum absolute atomic E-state index is 17.3. The van der Waals surface area contributed by atoms with Gasteiger partial charge in [0, 0.05) is 32.7 Å². The Balaban J connectivity index is 1.23. The lowest BCUT2D eigenvalue weighted by molar-refractivity contribution is -0.137. The number of nitriles is 1. The van der Waals surface area contributed by atoms with Crippen LogP contribution < -0.4 is 0 Å². The molecule has 0 aliphatic carbocycles. The molecule has 0 fully saturated rings. The molecule has 3 nitrogen and oxygen atoms in total. The molecule has 12 aromatic rings. The summed E-state index contributed by atoms with van der Waals surface area (Å²) in [6.07, 6.45) is -4.96. The molecule has 10 aromatic carbocycles. The van der Waals surface area contributed by atoms with Crippen molar-refractivity contribution >= 4 is 43.6 Å². The van der Waals surface area contributed by atoms with Crippen LogP contribution >= 0.6 is 0 Å². The van der Waals surface area contributed by atoms with Crippen LogP contribution in [0.2, 0.25) is 0 Å². The van der Waals surface area contributed by atoms with Crippen LogP contribution in [0.15, 0.2) is 200 Å². The average molecular weight is 956 g/mol. The fourth-order valence-corrected chi connectivity index (χ4v) is 10.9. The van der Waals surface area contributed by atoms with Crippen molar-refractivity contribution in [2.75, 3.05) is 0 Å². The fourth-order valence-electron chi connectivity index (χ4n) is 10.9. The molecule has 2 heterocycles. The molecule has 12 rings (SSSR count). The monoisotopic (exact) mass is 955 g/mol. The second kappa shape index (κ2) is 17.4. The first-order valence-electron chi connectivity index (χ1n) is 24.2. The van der Waals surface area contributed by atoms with E-state index in [-0.39, 0.29) is 22.5 Å². The minimum atomic E-state index is -4.96. The van der Waals surface area contributed by atoms with Gasteiger partial charge in [0.1, 0.15) is 5.82 Å². The largest absolute Gasteiger partial charge is 0.417 e. The predicted molar refractivity (Wildman–Crippen MR) is 291 cm³/mol. The molecule has 0 atom stereocenters. The number of rotatable bonds is 7. The van der Waals surface area contributed by atoms with Gasteiger partial charge in [-0.2, -0.15) is 18.4 Å². The molecule has 0 unspecified atom stereocenters. The molecule has 0 saturated heterocycles. The number of halogens is 4. The van der Waals surface area contributed by atoms with Gasteiger partial charge in [0.2, 0.25) is 0 Å². The van der Waals surface area contributed by atoms with E-state index in [1.165, 1.54) is 0 Å². The summed E-state index contributed by atoms with van der Waals surface area (Å²) in [6.45, 7) is 8.18. The Morgan fingerprint density at radius 1 is 0.370 bits per heavy atom. The van der Waals surface area contributed by atoms with Gasteiger partial charge in [-0.05, 0) is 145 Å². The molecular formula is C66H45F4N3. The smallest absolute Gasteiger partial charge is 0.308 e. The standard InChI is InChI=1S/C66H45F4N3/c1-39-10-5-14-44(28-39)48-20-24-58-52(34-48)53-35-49(45-15-6-11-40(2)29-45)21-25-59(53)72(58)62-32-43(38-71)33-63(65(62)64-56(66(68,69)70)18-9-19-57(64)67)73-60-26-22-50(46-16-7-12-41(3)30-46)36-54(60)55-37-51(23-27-61(55)73)47-17-8-13-42(4)31-47/h5-37H,1-4H3. The number of benzene rings is 10. The molecule has 0 amide bonds. The summed E-state index contributed by atoms with van der Waals surface area (Å²) in [6, 6.07) is 66.1. The van der Waals surface area contributed by atoms with E-state index in [2.05, 4.69) is 78.9 Å². The molecule has 0 N–H and O–H groups in total. The van der Waals surface area contributed by atoms with Crippen molar-refractivity contribution in [2.24, 2.45) is 0 Å². The van der Waals surface area contributed by atoms with Gasteiger partial charge in [-0.15, -0.1) is 0 Å². The summed E-state index contributed by atoms with van der Waals surface area (Å²) in [5.41, 5.74) is 13.8. The van der Waals surface area contributed by atoms with Gasteiger partial charge in [-0.3, -0.25) is 0 Å². The predicted octanol–water partition coefficient (Wildman–Crippen LogP) is 18.5. The van der Waals surface area contributed by atoms with E-state index in [1.54, 1.807) is 12.1 Å². The zero-order valence-electron chi connectivity index (χ0n) is 40.4. The number of aryl methyl sites for hydroxylation is 4. The molecular weight excluding hydrogens is 911 g/mol. The second-order valence-corrected chi connectivity index (χ2v) is 19.2. The minimum absolute atomic E-state index is 0.0157. The first kappa shape index (κ1) is 45.2. The van der Waals surface area contributed by atoms with Crippen molar-refractivity contribution < 1.29 is 17.6 Å². The first-order chi connectivity index (χ1) is 35.3. The lowest BCUT2D eigenvalue weighted by Gasteiger charge is -2.23. The summed E-state index contributed by atoms with van der Waals surface area (Å²) < 4.78 is 68.3. The van der Waals surface area contributed by atoms with Crippen LogP contribution in [0.4, 0.5) is 17.6 Å². The van der Waals surface area contributed by atoms with Crippen LogP contribution in [0.5, 0.6) is 0 Å². The van der Waals surface area contributed by atoms with E-state index in [9.17, 15) is 5.26 Å². The van der Waals surface area contributed by atoms with Gasteiger partial charge in [0.25, 0.3) is 0 Å². The van der Waals surface area contributed by atoms with Crippen LogP contribution in [0.3, 0.4) is 0 Å². The number of nitrogens with zero attached hydrogens (tertiary/aromatic N) is 3. The molecule has 352 valence electrons. The Hall–Kier alpha value is -8.99. The maximum atomic E-state index is 17.3. The van der Waals surface area contributed by atoms with Gasteiger partial charge in [-0.25, -0.2) is 4.39 Å². The van der Waals surface area contributed by atoms with Crippen molar-refractivity contribution in [2.45, 2.75) is 33.9 Å². The van der Waals surface area contributed by atoms with Crippen molar-refractivity contribution in [3.63, 3.8) is 0 Å². The molecule has 0 bridgehead atoms. The summed E-state index contributed by atoms with van der Waals surface area (Å²) in [7, 11) is 0. The van der Waals surface area contributed by atoms with Crippen LogP contribution in [0, 0.1) is 44.8 Å². The summed E-state index contributed by atoms with van der Waals surface area (Å²) >= 11 is 0. The highest BCUT2D eigenvalue weighted by Gasteiger charge is 2.37. The van der Waals surface area contributed by atoms with Crippen molar-refractivity contribution in [3.8, 4) is 73.1 Å². The van der Waals surface area contributed by atoms with Crippen molar-refractivity contribution in [3.05, 3.63) is 239 Å². The van der Waals surface area contributed by atoms with E-state index in [1.807, 2.05) is 134 Å². The Morgan fingerprint density at radius 3 is 0.986 bits per heavy atom. The lowest BCUT2D eigenvalue weighted by atomic mass is 9.93. The average Bonchev–Trinajstić information content (AvgIpc) is 3.89. The summed E-state index contributed by atoms with van der Waals surface area (Å²) in [4.78, 5) is 0. The Bertz CT molecular complexity index is 3840. The van der Waals surface area contributed by atoms with Crippen LogP contribution in [-0.2, 0) is 6.18 Å². The normalized spacial score (nSPS) is 11.8. The lowest BCUT2D eigenvalue weighted by Crippen LogP contribution is -2.12. The Labute approximate surface area is 420 Å². The topological polar surface area (TPSA) is 33.6 Å². The molecule has 0 saturated carbocycles. The van der Waals surface area contributed by atoms with E-state index < -0.39 is 23.1 Å². The molecule has 0 aliphatic heterocycles. The van der Waals surface area contributed by atoms with Gasteiger partial charge < -0.3 is 9.13 Å². The number of hydrogen-bond acceptors (Lipinski definition) is 1. The Morgan fingerprint density at radius 2 is 0.685 bits per heavy atom. The summed E-state index contributed by atoms with van der Waals surface area (Å²) in [5.74, 6) is -1.05. The Kier molecular flexibility index (Phi) is 10.8. The quantitative estimate of drug-likeness (QED) is 0.147. The molecule has 2 aromatic heterocycles. The first-order valence-corrected chi connectivity index (χ1v) is 24.2. The fraction of sp³-hybridized carbons (Fsp3) is 0.0758. The number of aromatic nitrogens is 2. The highest BCUT2D eigenvalue weighted by atomic mass is 19.4. The highest BCUT2D eigenvalue weighted by molar-refractivity contribution is 6.14. The van der Waals surface area contributed by atoms with Crippen molar-refractivity contribution in [1.29, 1.82) is 5.26 Å². The number of alkyl halides is 3. The van der Waals surface area contributed by atoms with Crippen LogP contribution in [-0.4, -0.2) is 9.13 Å². The number of fused-ring (bicyclic) bond motifs is 6. The highest BCUT2D eigenvalue weighted by Crippen LogP contribution is 2.49. The maximum Gasteiger partial charge on any atom is 0.417 e. The van der Waals surface area contributed by atoms with E-state index in [0.717, 1.165) is 107 Å². The third kappa shape index (κ3) is 7.84. The van der Waals surface area contributed by atoms with Gasteiger partial charge in [0.05, 0.1) is 50.6 Å². The van der Waals surface area contributed by atoms with E-state index in [0.29, 0.717) is 22.1 Å². The molecule has 73 heavy (non-hydrogen) atoms. The van der Waals surface area contributed by atoms with E-state index >= 15 is 17.6 Å². The number of hydrogen-bond donors (Lipinski definition) is 0. The SMILES string of the molecule is Cc1cccc(-c2ccc3c(c2)c2cc(-c4cccc(C)c4)ccc2n3-c2cc(C#N)cc(-n3c4ccc(-c5cccc(C)c5)cc4c4cc(-c5cccc(C)c5)ccc43)c2-c2c(F)cccc2C(F)(F)F)c1. The minimum Gasteiger partial charge on any atom is -0.308 e. The van der Waals surface area contributed by atoms with Crippen LogP contribution in [0.1, 0.15) is 33.4 Å². The molecule has 0 spiro atoms. The zero-order chi connectivity index (χ0) is 50.3. The molecule has 0 aliphatic rings. The summed E-state index contributed by atoms with van der Waals surface area (Å²) in [5, 5.41) is 14.4. The van der Waals surface area contributed by atoms with Crippen molar-refractivity contribution in [1.82, 2.24) is 9.13 Å². The third-order valence-electron chi connectivity index (χ3n) is 14.2. The zero-order valence-corrected chi connectivity index (χ0v) is 40.4. The van der Waals surface area contributed by atoms with Gasteiger partial charge >= 0.3 is 6.18 Å².